The number of nitrogens with zero attached hydrogens (tertiary/aromatic N) is 4. The van der Waals surface area contributed by atoms with Gasteiger partial charge in [-0.3, -0.25) is 29.5 Å². The van der Waals surface area contributed by atoms with Gasteiger partial charge in [0.05, 0.1) is 28.1 Å². The van der Waals surface area contributed by atoms with E-state index in [1.807, 2.05) is 19.1 Å². The van der Waals surface area contributed by atoms with Gasteiger partial charge in [0.1, 0.15) is 11.5 Å². The van der Waals surface area contributed by atoms with Gasteiger partial charge in [-0.2, -0.15) is 4.31 Å². The number of benzene rings is 4. The van der Waals surface area contributed by atoms with Crippen LogP contribution >= 0.6 is 11.6 Å². The largest absolute Gasteiger partial charge is 0.497 e. The molecule has 0 saturated carbocycles. The van der Waals surface area contributed by atoms with Gasteiger partial charge in [-0.05, 0) is 105 Å². The van der Waals surface area contributed by atoms with E-state index < -0.39 is 33.2 Å². The third-order valence-corrected chi connectivity index (χ3v) is 11.9. The second-order valence-electron chi connectivity index (χ2n) is 13.9. The number of nitrogens with one attached hydrogen (secondary N) is 2. The first-order valence-corrected chi connectivity index (χ1v) is 20.7. The van der Waals surface area contributed by atoms with Crippen LogP contribution in [0.25, 0.3) is 10.9 Å². The summed E-state index contributed by atoms with van der Waals surface area (Å²) in [7, 11) is -2.63. The summed E-state index contributed by atoms with van der Waals surface area (Å²) in [5.41, 5.74) is 2.65. The number of likely N-dealkylation sites (tertiary alicyclic amines) is 1. The molecule has 0 radical (unpaired) electrons. The highest BCUT2D eigenvalue weighted by atomic mass is 35.5. The molecule has 15 nitrogen and oxygen atoms in total. The van der Waals surface area contributed by atoms with Crippen LogP contribution in [0.3, 0.4) is 0 Å². The lowest BCUT2D eigenvalue weighted by Gasteiger charge is -2.27. The lowest BCUT2D eigenvalue weighted by molar-refractivity contribution is -0.384. The van der Waals surface area contributed by atoms with Gasteiger partial charge >= 0.3 is 0 Å². The Morgan fingerprint density at radius 2 is 1.61 bits per heavy atom. The quantitative estimate of drug-likeness (QED) is 0.0550. The third-order valence-electron chi connectivity index (χ3n) is 9.77. The SMILES string of the molecule is COc1ccc(S(=O)(=O)N(CCNc2cc(C)nc3ccc(Cl)cc23)CCC(=O)Nc2ccc(C(=O)N3CCCCC3)cc2OCC(=O)c2ccc([N+](=O)[O-])cc2)cc1. The van der Waals surface area contributed by atoms with E-state index in [1.54, 1.807) is 35.2 Å². The minimum atomic E-state index is -4.11. The lowest BCUT2D eigenvalue weighted by atomic mass is 10.1. The molecular weight excluding hydrogens is 800 g/mol. The van der Waals surface area contributed by atoms with Crippen LogP contribution in [-0.4, -0.2) is 91.6 Å². The summed E-state index contributed by atoms with van der Waals surface area (Å²) in [5, 5.41) is 18.5. The van der Waals surface area contributed by atoms with Crippen LogP contribution in [-0.2, 0) is 14.8 Å². The number of Topliss-reactive ketones (excluding diaryl/α,β-unsaturated/α-hetero) is 1. The van der Waals surface area contributed by atoms with Gasteiger partial charge in [0, 0.05) is 84.2 Å². The number of fused-ring (bicyclic) bond motifs is 1. The van der Waals surface area contributed by atoms with Crippen molar-refractivity contribution in [3.8, 4) is 11.5 Å². The predicted octanol–water partition coefficient (Wildman–Crippen LogP) is 7.13. The number of amides is 2. The molecule has 1 aliphatic heterocycles. The van der Waals surface area contributed by atoms with E-state index >= 15 is 0 Å². The molecule has 2 amide bonds. The molecule has 0 spiro atoms. The Labute approximate surface area is 346 Å². The number of carbonyl (C=O) groups is 3. The van der Waals surface area contributed by atoms with E-state index in [2.05, 4.69) is 15.6 Å². The van der Waals surface area contributed by atoms with Crippen molar-refractivity contribution in [3.05, 3.63) is 123 Å². The number of aryl methyl sites for hydroxylation is 1. The molecule has 2 heterocycles. The van der Waals surface area contributed by atoms with Crippen molar-refractivity contribution in [1.82, 2.24) is 14.2 Å². The Hall–Kier alpha value is -6.10. The van der Waals surface area contributed by atoms with Crippen LogP contribution in [0, 0.1) is 17.0 Å². The van der Waals surface area contributed by atoms with Gasteiger partial charge in [-0.1, -0.05) is 11.6 Å². The number of ether oxygens (including phenoxy) is 2. The van der Waals surface area contributed by atoms with Crippen molar-refractivity contribution in [1.29, 1.82) is 0 Å². The number of piperidine rings is 1. The number of ketones is 1. The smallest absolute Gasteiger partial charge is 0.269 e. The molecule has 1 fully saturated rings. The Kier molecular flexibility index (Phi) is 13.8. The Morgan fingerprint density at radius 3 is 2.31 bits per heavy atom. The maximum atomic E-state index is 14.0. The monoisotopic (exact) mass is 842 g/mol. The van der Waals surface area contributed by atoms with E-state index in [0.717, 1.165) is 41.5 Å². The van der Waals surface area contributed by atoms with Crippen molar-refractivity contribution in [3.63, 3.8) is 0 Å². The molecule has 0 aliphatic carbocycles. The highest BCUT2D eigenvalue weighted by Crippen LogP contribution is 2.29. The summed E-state index contributed by atoms with van der Waals surface area (Å²) >= 11 is 6.28. The van der Waals surface area contributed by atoms with Crippen molar-refractivity contribution >= 4 is 67.2 Å². The lowest BCUT2D eigenvalue weighted by Crippen LogP contribution is -2.37. The van der Waals surface area contributed by atoms with Gasteiger partial charge in [-0.15, -0.1) is 0 Å². The summed E-state index contributed by atoms with van der Waals surface area (Å²) in [6.07, 6.45) is 2.52. The van der Waals surface area contributed by atoms with Crippen LogP contribution < -0.4 is 20.1 Å². The number of anilines is 2. The molecular formula is C42H43ClN6O9S. The summed E-state index contributed by atoms with van der Waals surface area (Å²) < 4.78 is 40.4. The molecule has 0 atom stereocenters. The Balaban J connectivity index is 1.20. The van der Waals surface area contributed by atoms with Crippen molar-refractivity contribution in [2.24, 2.45) is 0 Å². The maximum absolute atomic E-state index is 14.0. The average Bonchev–Trinajstić information content (AvgIpc) is 3.24. The van der Waals surface area contributed by atoms with E-state index in [-0.39, 0.29) is 59.5 Å². The molecule has 1 aliphatic rings. The molecule has 4 aromatic carbocycles. The zero-order chi connectivity index (χ0) is 42.1. The van der Waals surface area contributed by atoms with Crippen molar-refractivity contribution in [2.45, 2.75) is 37.5 Å². The number of nitro groups is 1. The normalized spacial score (nSPS) is 12.9. The highest BCUT2D eigenvalue weighted by Gasteiger charge is 2.26. The second-order valence-corrected chi connectivity index (χ2v) is 16.2. The maximum Gasteiger partial charge on any atom is 0.269 e. The minimum Gasteiger partial charge on any atom is -0.497 e. The van der Waals surface area contributed by atoms with Gasteiger partial charge in [-0.25, -0.2) is 8.42 Å². The summed E-state index contributed by atoms with van der Waals surface area (Å²) in [6, 6.07) is 22.7. The van der Waals surface area contributed by atoms with E-state index in [1.165, 1.54) is 59.9 Å². The first kappa shape index (κ1) is 42.5. The molecule has 1 saturated heterocycles. The molecule has 59 heavy (non-hydrogen) atoms. The minimum absolute atomic E-state index is 0.0121. The number of sulfonamides is 1. The van der Waals surface area contributed by atoms with Gasteiger partial charge in [0.15, 0.2) is 12.4 Å². The van der Waals surface area contributed by atoms with Crippen LogP contribution in [0.1, 0.15) is 52.1 Å². The molecule has 0 unspecified atom stereocenters. The van der Waals surface area contributed by atoms with Crippen LogP contribution in [0.2, 0.25) is 5.02 Å². The fourth-order valence-electron chi connectivity index (χ4n) is 6.63. The van der Waals surface area contributed by atoms with Crippen LogP contribution in [0.4, 0.5) is 17.1 Å². The van der Waals surface area contributed by atoms with E-state index in [0.29, 0.717) is 29.4 Å². The number of pyridine rings is 1. The van der Waals surface area contributed by atoms with Crippen molar-refractivity contribution in [2.75, 3.05) is 57.1 Å². The van der Waals surface area contributed by atoms with Crippen LogP contribution in [0.15, 0.2) is 95.9 Å². The molecule has 6 rings (SSSR count). The van der Waals surface area contributed by atoms with Crippen molar-refractivity contribution < 1.29 is 37.2 Å². The Bertz CT molecular complexity index is 2460. The average molecular weight is 843 g/mol. The summed E-state index contributed by atoms with van der Waals surface area (Å²) in [4.78, 5) is 56.9. The number of halogens is 1. The number of hydrogen-bond donors (Lipinski definition) is 2. The zero-order valence-electron chi connectivity index (χ0n) is 32.5. The first-order valence-electron chi connectivity index (χ1n) is 18.9. The molecule has 5 aromatic rings. The standard InChI is InChI=1S/C42H43ClN6O9S/c1-28-24-38(35-26-31(43)9-17-36(35)45-28)44-19-23-48(59(55,56)34-14-12-33(57-2)13-15-34)22-18-41(51)46-37-16-8-30(42(52)47-20-4-3-5-21-47)25-40(37)58-27-39(50)29-6-10-32(11-7-29)49(53)54/h6-17,24-26H,3-5,18-23,27H2,1-2H3,(H,44,45)(H,46,51). The summed E-state index contributed by atoms with van der Waals surface area (Å²) in [6.45, 7) is 2.51. The van der Waals surface area contributed by atoms with Crippen LogP contribution in [0.5, 0.6) is 11.5 Å². The third kappa shape index (κ3) is 10.7. The Morgan fingerprint density at radius 1 is 0.898 bits per heavy atom. The van der Waals surface area contributed by atoms with Gasteiger partial charge in [0.25, 0.3) is 11.6 Å². The second kappa shape index (κ2) is 19.1. The number of aromatic nitrogens is 1. The number of hydrogen-bond acceptors (Lipinski definition) is 11. The van der Waals surface area contributed by atoms with E-state index in [9.17, 15) is 32.9 Å². The number of nitro benzene ring substituents is 1. The van der Waals surface area contributed by atoms with Gasteiger partial charge < -0.3 is 25.0 Å². The molecule has 2 N–H and O–H groups in total. The molecule has 17 heteroatoms. The number of rotatable bonds is 17. The fourth-order valence-corrected chi connectivity index (χ4v) is 8.25. The van der Waals surface area contributed by atoms with E-state index in [4.69, 9.17) is 21.1 Å². The molecule has 308 valence electrons. The number of methoxy groups -OCH3 is 1. The first-order chi connectivity index (χ1) is 28.3. The molecule has 0 bridgehead atoms. The molecule has 1 aromatic heterocycles. The number of non-ortho nitro benzene ring substituents is 1. The zero-order valence-corrected chi connectivity index (χ0v) is 34.1. The fraction of sp³-hybridized carbons (Fsp3) is 0.286. The number of carbonyl (C=O) groups excluding carboxylic acids is 3. The predicted molar refractivity (Wildman–Crippen MR) is 224 cm³/mol. The topological polar surface area (TPSA) is 190 Å². The van der Waals surface area contributed by atoms with Gasteiger partial charge in [0.2, 0.25) is 15.9 Å². The highest BCUT2D eigenvalue weighted by molar-refractivity contribution is 7.89. The summed E-state index contributed by atoms with van der Waals surface area (Å²) in [5.74, 6) is -0.745.